The molecule has 0 aliphatic heterocycles. The van der Waals surface area contributed by atoms with E-state index in [1.807, 2.05) is 11.3 Å². The second-order valence-corrected chi connectivity index (χ2v) is 6.91. The summed E-state index contributed by atoms with van der Waals surface area (Å²) in [6.45, 7) is 11.3. The van der Waals surface area contributed by atoms with Gasteiger partial charge in [0.25, 0.3) is 0 Å². The van der Waals surface area contributed by atoms with Crippen LogP contribution < -0.4 is 5.32 Å². The van der Waals surface area contributed by atoms with E-state index in [1.165, 1.54) is 11.3 Å². The van der Waals surface area contributed by atoms with E-state index in [0.29, 0.717) is 5.41 Å². The van der Waals surface area contributed by atoms with E-state index < -0.39 is 0 Å². The summed E-state index contributed by atoms with van der Waals surface area (Å²) in [5.41, 5.74) is 0.440. The molecule has 0 radical (unpaired) electrons. The fraction of sp³-hybridized carbons (Fsp3) is 0.714. The number of rotatable bonds is 7. The Morgan fingerprint density at radius 2 is 2.06 bits per heavy atom. The molecule has 0 bridgehead atoms. The van der Waals surface area contributed by atoms with Crippen LogP contribution in [0, 0.1) is 5.41 Å². The summed E-state index contributed by atoms with van der Waals surface area (Å²) in [6.07, 6.45) is 1.24. The number of hydrogen-bond acceptors (Lipinski definition) is 3. The number of thiophene rings is 1. The van der Waals surface area contributed by atoms with E-state index in [9.17, 15) is 0 Å². The normalized spacial score (nSPS) is 12.3. The van der Waals surface area contributed by atoms with Gasteiger partial charge in [-0.05, 0) is 36.9 Å². The Labute approximate surface area is 110 Å². The molecule has 0 saturated carbocycles. The van der Waals surface area contributed by atoms with Crippen molar-refractivity contribution in [2.24, 2.45) is 5.41 Å². The average Bonchev–Trinajstić information content (AvgIpc) is 2.68. The molecule has 1 N–H and O–H groups in total. The van der Waals surface area contributed by atoms with Crippen LogP contribution in [0.4, 0.5) is 0 Å². The topological polar surface area (TPSA) is 15.3 Å². The largest absolute Gasteiger partial charge is 0.315 e. The maximum atomic E-state index is 3.51. The molecule has 0 saturated heterocycles. The maximum absolute atomic E-state index is 3.51. The summed E-state index contributed by atoms with van der Waals surface area (Å²) >= 11 is 1.84. The fourth-order valence-corrected chi connectivity index (χ4v) is 2.39. The average molecular weight is 254 g/mol. The lowest BCUT2D eigenvalue weighted by molar-refractivity contribution is 0.316. The highest BCUT2D eigenvalue weighted by Crippen LogP contribution is 2.16. The smallest absolute Gasteiger partial charge is 0.0325 e. The first-order chi connectivity index (χ1) is 7.97. The van der Waals surface area contributed by atoms with Crippen molar-refractivity contribution < 1.29 is 0 Å². The molecule has 0 amide bonds. The number of hydrogen-bond donors (Lipinski definition) is 1. The third-order valence-corrected chi connectivity index (χ3v) is 3.59. The zero-order valence-corrected chi connectivity index (χ0v) is 12.4. The molecule has 1 heterocycles. The van der Waals surface area contributed by atoms with Gasteiger partial charge in [-0.2, -0.15) is 0 Å². The Hall–Kier alpha value is -0.380. The third kappa shape index (κ3) is 7.53. The Kier molecular flexibility index (Phi) is 6.17. The van der Waals surface area contributed by atoms with Gasteiger partial charge in [-0.3, -0.25) is 0 Å². The molecule has 0 fully saturated rings. The van der Waals surface area contributed by atoms with Crippen molar-refractivity contribution >= 4 is 11.3 Å². The van der Waals surface area contributed by atoms with E-state index in [4.69, 9.17) is 0 Å². The summed E-state index contributed by atoms with van der Waals surface area (Å²) in [7, 11) is 2.19. The zero-order valence-electron chi connectivity index (χ0n) is 11.6. The van der Waals surface area contributed by atoms with Gasteiger partial charge in [0.2, 0.25) is 0 Å². The van der Waals surface area contributed by atoms with Crippen molar-refractivity contribution in [2.45, 2.75) is 33.7 Å². The fourth-order valence-electron chi connectivity index (χ4n) is 1.61. The number of nitrogens with one attached hydrogen (secondary N) is 1. The van der Waals surface area contributed by atoms with Crippen LogP contribution >= 0.6 is 11.3 Å². The van der Waals surface area contributed by atoms with Crippen LogP contribution in [0.15, 0.2) is 17.5 Å². The molecule has 1 rings (SSSR count). The standard InChI is InChI=1S/C14H26N2S/c1-14(2,3)7-8-15-9-10-16(4)12-13-6-5-11-17-13/h5-6,11,15H,7-10,12H2,1-4H3. The second kappa shape index (κ2) is 7.14. The minimum absolute atomic E-state index is 0.440. The van der Waals surface area contributed by atoms with Gasteiger partial charge in [0.1, 0.15) is 0 Å². The Bertz CT molecular complexity index is 288. The minimum atomic E-state index is 0.440. The highest BCUT2D eigenvalue weighted by atomic mass is 32.1. The van der Waals surface area contributed by atoms with E-state index in [1.54, 1.807) is 0 Å². The zero-order chi connectivity index (χ0) is 12.7. The van der Waals surface area contributed by atoms with Crippen molar-refractivity contribution in [1.29, 1.82) is 0 Å². The lowest BCUT2D eigenvalue weighted by Gasteiger charge is -2.19. The van der Waals surface area contributed by atoms with Crippen molar-refractivity contribution in [3.8, 4) is 0 Å². The van der Waals surface area contributed by atoms with Crippen molar-refractivity contribution in [3.63, 3.8) is 0 Å². The molecule has 0 atom stereocenters. The molecule has 1 aromatic heterocycles. The Morgan fingerprint density at radius 3 is 2.65 bits per heavy atom. The van der Waals surface area contributed by atoms with Gasteiger partial charge in [0, 0.05) is 24.5 Å². The van der Waals surface area contributed by atoms with Crippen molar-refractivity contribution in [1.82, 2.24) is 10.2 Å². The van der Waals surface area contributed by atoms with Gasteiger partial charge >= 0.3 is 0 Å². The highest BCUT2D eigenvalue weighted by molar-refractivity contribution is 7.09. The summed E-state index contributed by atoms with van der Waals surface area (Å²) in [5.74, 6) is 0. The first kappa shape index (κ1) is 14.7. The molecule has 0 spiro atoms. The number of likely N-dealkylation sites (N-methyl/N-ethyl adjacent to an activating group) is 1. The molecule has 0 aliphatic rings. The maximum Gasteiger partial charge on any atom is 0.0325 e. The van der Waals surface area contributed by atoms with Gasteiger partial charge < -0.3 is 10.2 Å². The van der Waals surface area contributed by atoms with Crippen LogP contribution in [-0.4, -0.2) is 31.6 Å². The molecule has 0 aromatic carbocycles. The first-order valence-electron chi connectivity index (χ1n) is 6.39. The van der Waals surface area contributed by atoms with Gasteiger partial charge in [-0.15, -0.1) is 11.3 Å². The minimum Gasteiger partial charge on any atom is -0.315 e. The number of nitrogens with zero attached hydrogens (tertiary/aromatic N) is 1. The third-order valence-electron chi connectivity index (χ3n) is 2.73. The monoisotopic (exact) mass is 254 g/mol. The van der Waals surface area contributed by atoms with Gasteiger partial charge in [0.15, 0.2) is 0 Å². The molecule has 2 nitrogen and oxygen atoms in total. The van der Waals surface area contributed by atoms with Gasteiger partial charge in [0.05, 0.1) is 0 Å². The molecular weight excluding hydrogens is 228 g/mol. The molecule has 98 valence electrons. The predicted octanol–water partition coefficient (Wildman–Crippen LogP) is 3.21. The summed E-state index contributed by atoms with van der Waals surface area (Å²) in [5, 5.41) is 5.66. The van der Waals surface area contributed by atoms with Crippen LogP contribution in [0.25, 0.3) is 0 Å². The quantitative estimate of drug-likeness (QED) is 0.752. The summed E-state index contributed by atoms with van der Waals surface area (Å²) < 4.78 is 0. The first-order valence-corrected chi connectivity index (χ1v) is 7.27. The van der Waals surface area contributed by atoms with Crippen LogP contribution in [0.1, 0.15) is 32.1 Å². The molecule has 0 aliphatic carbocycles. The van der Waals surface area contributed by atoms with Gasteiger partial charge in [-0.25, -0.2) is 0 Å². The SMILES string of the molecule is CN(CCNCCC(C)(C)C)Cc1cccs1. The second-order valence-electron chi connectivity index (χ2n) is 5.88. The van der Waals surface area contributed by atoms with E-state index in [2.05, 4.69) is 55.5 Å². The van der Waals surface area contributed by atoms with Crippen LogP contribution in [0.3, 0.4) is 0 Å². The molecule has 17 heavy (non-hydrogen) atoms. The highest BCUT2D eigenvalue weighted by Gasteiger charge is 2.08. The van der Waals surface area contributed by atoms with E-state index >= 15 is 0 Å². The molecule has 1 aromatic rings. The van der Waals surface area contributed by atoms with Crippen LogP contribution in [-0.2, 0) is 6.54 Å². The Balaban J connectivity index is 2.03. The lowest BCUT2D eigenvalue weighted by Crippen LogP contribution is -2.30. The molecule has 0 unspecified atom stereocenters. The van der Waals surface area contributed by atoms with E-state index in [0.717, 1.165) is 26.2 Å². The summed E-state index contributed by atoms with van der Waals surface area (Å²) in [6, 6.07) is 4.32. The lowest BCUT2D eigenvalue weighted by atomic mass is 9.92. The van der Waals surface area contributed by atoms with Crippen LogP contribution in [0.2, 0.25) is 0 Å². The van der Waals surface area contributed by atoms with Crippen LogP contribution in [0.5, 0.6) is 0 Å². The Morgan fingerprint density at radius 1 is 1.29 bits per heavy atom. The van der Waals surface area contributed by atoms with Gasteiger partial charge in [-0.1, -0.05) is 26.8 Å². The van der Waals surface area contributed by atoms with Crippen molar-refractivity contribution in [3.05, 3.63) is 22.4 Å². The van der Waals surface area contributed by atoms with E-state index in [-0.39, 0.29) is 0 Å². The molecular formula is C14H26N2S. The molecule has 3 heteroatoms. The summed E-state index contributed by atoms with van der Waals surface area (Å²) in [4.78, 5) is 3.82. The predicted molar refractivity (Wildman–Crippen MR) is 77.6 cm³/mol. The van der Waals surface area contributed by atoms with Crippen molar-refractivity contribution in [2.75, 3.05) is 26.7 Å².